The van der Waals surface area contributed by atoms with Crippen molar-refractivity contribution in [1.82, 2.24) is 0 Å². The molecule has 0 aliphatic carbocycles. The lowest BCUT2D eigenvalue weighted by Crippen LogP contribution is -2.02. The van der Waals surface area contributed by atoms with Crippen molar-refractivity contribution >= 4 is 24.0 Å². The maximum atomic E-state index is 11.6. The molecule has 0 saturated carbocycles. The average Bonchev–Trinajstić information content (AvgIpc) is 2.62. The van der Waals surface area contributed by atoms with Crippen molar-refractivity contribution in [2.24, 2.45) is 4.99 Å². The van der Waals surface area contributed by atoms with Crippen LogP contribution in [0, 0.1) is 6.92 Å². The third kappa shape index (κ3) is 5.81. The molecule has 0 atom stereocenters. The first kappa shape index (κ1) is 20.0. The summed E-state index contributed by atoms with van der Waals surface area (Å²) >= 11 is 0. The van der Waals surface area contributed by atoms with E-state index < -0.39 is 5.78 Å². The van der Waals surface area contributed by atoms with E-state index in [-0.39, 0.29) is 0 Å². The van der Waals surface area contributed by atoms with Gasteiger partial charge in [-0.05, 0) is 44.1 Å². The Kier molecular flexibility index (Phi) is 7.94. The van der Waals surface area contributed by atoms with Gasteiger partial charge >= 0.3 is 0 Å². The number of carbonyl (C=O) groups is 2. The van der Waals surface area contributed by atoms with Gasteiger partial charge in [-0.15, -0.1) is 0 Å². The Morgan fingerprint density at radius 3 is 2.20 bits per heavy atom. The van der Waals surface area contributed by atoms with E-state index in [1.807, 2.05) is 44.2 Å². The van der Waals surface area contributed by atoms with Gasteiger partial charge in [-0.25, -0.2) is 0 Å². The molecule has 128 valence electrons. The molecule has 1 aromatic rings. The van der Waals surface area contributed by atoms with Crippen LogP contribution in [-0.2, 0) is 9.59 Å². The number of Topliss-reactive ketones (excluding diaryl/α,β-unsaturated/α-hetero) is 1. The van der Waals surface area contributed by atoms with Crippen LogP contribution in [0.1, 0.15) is 25.0 Å². The van der Waals surface area contributed by atoms with Gasteiger partial charge in [0.15, 0.2) is 6.29 Å². The number of benzene rings is 1. The van der Waals surface area contributed by atoms with Crippen LogP contribution in [0.3, 0.4) is 0 Å². The summed E-state index contributed by atoms with van der Waals surface area (Å²) in [5, 5.41) is 0. The second-order valence-corrected chi connectivity index (χ2v) is 5.34. The molecule has 0 aliphatic heterocycles. The third-order valence-corrected chi connectivity index (χ3v) is 3.53. The number of aldehydes is 1. The fraction of sp³-hybridized carbons (Fsp3) is 0.136. The van der Waals surface area contributed by atoms with E-state index in [9.17, 15) is 9.59 Å². The van der Waals surface area contributed by atoms with Gasteiger partial charge in [0.05, 0.1) is 5.70 Å². The molecule has 0 unspecified atom stereocenters. The summed E-state index contributed by atoms with van der Waals surface area (Å²) in [5.74, 6) is -0.580. The number of aliphatic imine (C=N–C) groups is 1. The molecule has 0 heterocycles. The number of aryl methyl sites for hydroxylation is 1. The highest BCUT2D eigenvalue weighted by atomic mass is 16.2. The van der Waals surface area contributed by atoms with Crippen molar-refractivity contribution in [3.63, 3.8) is 0 Å². The number of nitrogens with zero attached hydrogens (tertiary/aromatic N) is 1. The van der Waals surface area contributed by atoms with E-state index in [0.29, 0.717) is 23.0 Å². The molecule has 25 heavy (non-hydrogen) atoms. The Labute approximate surface area is 149 Å². The zero-order valence-corrected chi connectivity index (χ0v) is 15.0. The highest BCUT2D eigenvalue weighted by Crippen LogP contribution is 2.22. The molecule has 0 bridgehead atoms. The van der Waals surface area contributed by atoms with Gasteiger partial charge in [-0.3, -0.25) is 14.6 Å². The van der Waals surface area contributed by atoms with E-state index >= 15 is 0 Å². The lowest BCUT2D eigenvalue weighted by molar-refractivity contribution is -0.127. The van der Waals surface area contributed by atoms with Gasteiger partial charge in [0.25, 0.3) is 0 Å². The largest absolute Gasteiger partial charge is 0.294 e. The van der Waals surface area contributed by atoms with Crippen molar-refractivity contribution < 1.29 is 9.59 Å². The van der Waals surface area contributed by atoms with Crippen LogP contribution >= 0.6 is 0 Å². The summed E-state index contributed by atoms with van der Waals surface area (Å²) in [7, 11) is 0. The molecule has 0 aromatic heterocycles. The molecule has 1 rings (SSSR count). The lowest BCUT2D eigenvalue weighted by Gasteiger charge is -2.07. The zero-order valence-electron chi connectivity index (χ0n) is 15.0. The van der Waals surface area contributed by atoms with E-state index in [2.05, 4.69) is 18.2 Å². The molecular weight excluding hydrogens is 310 g/mol. The average molecular weight is 333 g/mol. The van der Waals surface area contributed by atoms with E-state index in [1.165, 1.54) is 5.56 Å². The summed E-state index contributed by atoms with van der Waals surface area (Å²) < 4.78 is 0. The Balaban J connectivity index is 3.29. The Hall–Kier alpha value is -3.07. The fourth-order valence-electron chi connectivity index (χ4n) is 2.12. The molecule has 0 fully saturated rings. The monoisotopic (exact) mass is 333 g/mol. The summed E-state index contributed by atoms with van der Waals surface area (Å²) in [5.41, 5.74) is 4.48. The van der Waals surface area contributed by atoms with Gasteiger partial charge in [0, 0.05) is 17.4 Å². The molecule has 0 saturated heterocycles. The topological polar surface area (TPSA) is 46.5 Å². The second-order valence-electron chi connectivity index (χ2n) is 5.34. The Morgan fingerprint density at radius 2 is 1.72 bits per heavy atom. The molecule has 0 N–H and O–H groups in total. The predicted molar refractivity (Wildman–Crippen MR) is 106 cm³/mol. The van der Waals surface area contributed by atoms with Crippen molar-refractivity contribution in [2.75, 3.05) is 0 Å². The molecule has 0 aliphatic rings. The van der Waals surface area contributed by atoms with E-state index in [1.54, 1.807) is 31.4 Å². The Morgan fingerprint density at radius 1 is 1.08 bits per heavy atom. The number of carbonyl (C=O) groups excluding carboxylic acids is 2. The standard InChI is InChI=1S/C22H23NO2/c1-6-18(14-19(7-2)22(25)15-24)17(5)13-21(23-8-3)20-11-9-16(4)10-12-20/h6-15H,1,5H2,2-4H3/b18-14+,19-7+,21-13-,23-8?. The van der Waals surface area contributed by atoms with Gasteiger partial charge in [-0.2, -0.15) is 0 Å². The van der Waals surface area contributed by atoms with Gasteiger partial charge in [0.2, 0.25) is 5.78 Å². The van der Waals surface area contributed by atoms with Crippen LogP contribution in [0.4, 0.5) is 0 Å². The number of ketones is 1. The summed E-state index contributed by atoms with van der Waals surface area (Å²) in [6, 6.07) is 8.02. The Bertz CT molecular complexity index is 788. The van der Waals surface area contributed by atoms with Crippen molar-refractivity contribution in [2.45, 2.75) is 20.8 Å². The molecule has 0 spiro atoms. The van der Waals surface area contributed by atoms with Gasteiger partial charge in [0.1, 0.15) is 0 Å². The zero-order chi connectivity index (χ0) is 18.8. The first-order chi connectivity index (χ1) is 12.0. The minimum absolute atomic E-state index is 0.296. The smallest absolute Gasteiger partial charge is 0.225 e. The molecular formula is C22H23NO2. The van der Waals surface area contributed by atoms with Crippen LogP contribution < -0.4 is 0 Å². The van der Waals surface area contributed by atoms with Crippen molar-refractivity contribution in [3.05, 3.63) is 89.6 Å². The van der Waals surface area contributed by atoms with Crippen LogP contribution in [0.15, 0.2) is 83.4 Å². The maximum Gasteiger partial charge on any atom is 0.225 e. The van der Waals surface area contributed by atoms with Crippen molar-refractivity contribution in [3.8, 4) is 0 Å². The van der Waals surface area contributed by atoms with Crippen LogP contribution in [0.5, 0.6) is 0 Å². The molecule has 1 aromatic carbocycles. The van der Waals surface area contributed by atoms with E-state index in [0.717, 1.165) is 11.3 Å². The number of allylic oxidation sites excluding steroid dienone is 7. The summed E-state index contributed by atoms with van der Waals surface area (Å²) in [6.45, 7) is 13.4. The first-order valence-electron chi connectivity index (χ1n) is 7.93. The number of rotatable bonds is 8. The van der Waals surface area contributed by atoms with Crippen molar-refractivity contribution in [1.29, 1.82) is 0 Å². The fourth-order valence-corrected chi connectivity index (χ4v) is 2.12. The van der Waals surface area contributed by atoms with Crippen LogP contribution in [0.25, 0.3) is 5.70 Å². The predicted octanol–water partition coefficient (Wildman–Crippen LogP) is 4.81. The maximum absolute atomic E-state index is 11.6. The normalized spacial score (nSPS) is 13.0. The highest BCUT2D eigenvalue weighted by Gasteiger charge is 2.07. The van der Waals surface area contributed by atoms with Gasteiger partial charge < -0.3 is 0 Å². The van der Waals surface area contributed by atoms with Crippen LogP contribution in [-0.4, -0.2) is 18.3 Å². The quantitative estimate of drug-likeness (QED) is 0.225. The highest BCUT2D eigenvalue weighted by molar-refractivity contribution is 6.34. The molecule has 3 heteroatoms. The second kappa shape index (κ2) is 9.93. The summed E-state index contributed by atoms with van der Waals surface area (Å²) in [6.07, 6.45) is 8.63. The lowest BCUT2D eigenvalue weighted by atomic mass is 10.00. The number of hydrogen-bond donors (Lipinski definition) is 0. The summed E-state index contributed by atoms with van der Waals surface area (Å²) in [4.78, 5) is 26.7. The molecule has 0 radical (unpaired) electrons. The van der Waals surface area contributed by atoms with Crippen LogP contribution in [0.2, 0.25) is 0 Å². The minimum Gasteiger partial charge on any atom is -0.294 e. The molecule has 0 amide bonds. The van der Waals surface area contributed by atoms with Gasteiger partial charge in [-0.1, -0.05) is 55.1 Å². The molecule has 3 nitrogen and oxygen atoms in total. The number of hydrogen-bond acceptors (Lipinski definition) is 3. The first-order valence-corrected chi connectivity index (χ1v) is 7.93. The third-order valence-electron chi connectivity index (χ3n) is 3.53. The minimum atomic E-state index is -0.580. The van der Waals surface area contributed by atoms with E-state index in [4.69, 9.17) is 0 Å². The SMILES string of the molecule is C=C/C(=C\C(=C/C)C(=O)C=O)C(=C)/C=C(\N=CC)c1ccc(C)cc1.